The van der Waals surface area contributed by atoms with Crippen LogP contribution in [-0.4, -0.2) is 18.1 Å². The van der Waals surface area contributed by atoms with Crippen molar-refractivity contribution in [2.75, 3.05) is 7.11 Å². The van der Waals surface area contributed by atoms with Crippen LogP contribution >= 0.6 is 11.6 Å². The average Bonchev–Trinajstić information content (AvgIpc) is 2.55. The van der Waals surface area contributed by atoms with E-state index in [0.29, 0.717) is 32.6 Å². The third kappa shape index (κ3) is 2.66. The van der Waals surface area contributed by atoms with Crippen LogP contribution in [0, 0.1) is 12.7 Å². The zero-order valence-corrected chi connectivity index (χ0v) is 13.3. The van der Waals surface area contributed by atoms with Crippen LogP contribution in [0.25, 0.3) is 22.0 Å². The van der Waals surface area contributed by atoms with E-state index >= 15 is 0 Å². The monoisotopic (exact) mass is 329 g/mol. The summed E-state index contributed by atoms with van der Waals surface area (Å²) in [6, 6.07) is 9.69. The quantitative estimate of drug-likeness (QED) is 0.634. The molecule has 0 aliphatic carbocycles. The normalized spacial score (nSPS) is 10.8. The standard InChI is InChI=1S/C18H13ClFNO2/c1-10-7-11(18(22)23-2)8-13-16(14(19)9-21-17(10)13)12-5-3-4-6-15(12)20/h3-9H,1-2H3. The van der Waals surface area contributed by atoms with Gasteiger partial charge in [-0.25, -0.2) is 9.18 Å². The first-order chi connectivity index (χ1) is 11.0. The second-order valence-electron chi connectivity index (χ2n) is 5.14. The van der Waals surface area contributed by atoms with E-state index in [0.717, 1.165) is 5.56 Å². The minimum absolute atomic E-state index is 0.323. The number of ether oxygens (including phenoxy) is 1. The van der Waals surface area contributed by atoms with Gasteiger partial charge in [0.05, 0.1) is 23.2 Å². The van der Waals surface area contributed by atoms with E-state index in [9.17, 15) is 9.18 Å². The molecule has 3 rings (SSSR count). The van der Waals surface area contributed by atoms with E-state index in [2.05, 4.69) is 4.98 Å². The molecule has 3 aromatic rings. The number of rotatable bonds is 2. The summed E-state index contributed by atoms with van der Waals surface area (Å²) in [7, 11) is 1.32. The molecule has 0 unspecified atom stereocenters. The second kappa shape index (κ2) is 5.97. The van der Waals surface area contributed by atoms with Gasteiger partial charge in [0, 0.05) is 22.7 Å². The molecule has 1 aromatic heterocycles. The minimum atomic E-state index is -0.463. The number of carbonyl (C=O) groups is 1. The molecule has 0 amide bonds. The SMILES string of the molecule is COC(=O)c1cc(C)c2ncc(Cl)c(-c3ccccc3F)c2c1. The molecule has 5 heteroatoms. The number of fused-ring (bicyclic) bond motifs is 1. The Labute approximate surface area is 137 Å². The van der Waals surface area contributed by atoms with Gasteiger partial charge >= 0.3 is 5.97 Å². The van der Waals surface area contributed by atoms with E-state index in [4.69, 9.17) is 16.3 Å². The molecule has 23 heavy (non-hydrogen) atoms. The molecule has 0 spiro atoms. The molecule has 0 radical (unpaired) electrons. The van der Waals surface area contributed by atoms with Crippen LogP contribution in [0.2, 0.25) is 5.02 Å². The van der Waals surface area contributed by atoms with Gasteiger partial charge in [-0.1, -0.05) is 29.8 Å². The number of aromatic nitrogens is 1. The van der Waals surface area contributed by atoms with Crippen molar-refractivity contribution < 1.29 is 13.9 Å². The van der Waals surface area contributed by atoms with Crippen LogP contribution < -0.4 is 0 Å². The molecule has 0 saturated carbocycles. The van der Waals surface area contributed by atoms with Crippen LogP contribution in [0.5, 0.6) is 0 Å². The number of carbonyl (C=O) groups excluding carboxylic acids is 1. The molecule has 0 atom stereocenters. The Balaban J connectivity index is 2.41. The molecule has 1 heterocycles. The van der Waals surface area contributed by atoms with Gasteiger partial charge in [-0.2, -0.15) is 0 Å². The van der Waals surface area contributed by atoms with Crippen molar-refractivity contribution in [1.29, 1.82) is 0 Å². The highest BCUT2D eigenvalue weighted by molar-refractivity contribution is 6.34. The van der Waals surface area contributed by atoms with Crippen molar-refractivity contribution in [2.45, 2.75) is 6.92 Å². The fourth-order valence-electron chi connectivity index (χ4n) is 2.63. The van der Waals surface area contributed by atoms with Gasteiger partial charge in [-0.3, -0.25) is 4.98 Å². The lowest BCUT2D eigenvalue weighted by Gasteiger charge is -2.12. The third-order valence-electron chi connectivity index (χ3n) is 3.68. The molecule has 0 aliphatic rings. The molecule has 116 valence electrons. The van der Waals surface area contributed by atoms with Gasteiger partial charge in [-0.15, -0.1) is 0 Å². The first kappa shape index (κ1) is 15.4. The third-order valence-corrected chi connectivity index (χ3v) is 3.97. The predicted octanol–water partition coefficient (Wildman–Crippen LogP) is 4.79. The molecule has 0 N–H and O–H groups in total. The Kier molecular flexibility index (Phi) is 4.01. The van der Waals surface area contributed by atoms with E-state index in [-0.39, 0.29) is 5.82 Å². The first-order valence-electron chi connectivity index (χ1n) is 6.95. The number of halogens is 2. The topological polar surface area (TPSA) is 39.2 Å². The Morgan fingerprint density at radius 2 is 2.00 bits per heavy atom. The lowest BCUT2D eigenvalue weighted by molar-refractivity contribution is 0.0601. The number of aryl methyl sites for hydroxylation is 1. The summed E-state index contributed by atoms with van der Waals surface area (Å²) in [6.45, 7) is 1.83. The number of esters is 1. The van der Waals surface area contributed by atoms with Gasteiger partial charge < -0.3 is 4.74 Å². The number of hydrogen-bond donors (Lipinski definition) is 0. The largest absolute Gasteiger partial charge is 0.465 e. The van der Waals surface area contributed by atoms with Crippen molar-refractivity contribution in [3.05, 3.63) is 64.6 Å². The molecule has 0 bridgehead atoms. The van der Waals surface area contributed by atoms with Crippen LogP contribution in [0.15, 0.2) is 42.6 Å². The summed E-state index contributed by atoms with van der Waals surface area (Å²) in [5.74, 6) is -0.850. The van der Waals surface area contributed by atoms with Crippen LogP contribution in [0.3, 0.4) is 0 Å². The highest BCUT2D eigenvalue weighted by Crippen LogP contribution is 2.37. The molecular formula is C18H13ClFNO2. The van der Waals surface area contributed by atoms with Crippen LogP contribution in [0.4, 0.5) is 4.39 Å². The second-order valence-corrected chi connectivity index (χ2v) is 5.55. The van der Waals surface area contributed by atoms with E-state index in [1.807, 2.05) is 6.92 Å². The zero-order chi connectivity index (χ0) is 16.6. The van der Waals surface area contributed by atoms with E-state index < -0.39 is 5.97 Å². The maximum absolute atomic E-state index is 14.2. The predicted molar refractivity (Wildman–Crippen MR) is 88.2 cm³/mol. The molecule has 3 nitrogen and oxygen atoms in total. The van der Waals surface area contributed by atoms with Crippen molar-refractivity contribution in [3.63, 3.8) is 0 Å². The smallest absolute Gasteiger partial charge is 0.337 e. The summed E-state index contributed by atoms with van der Waals surface area (Å²) in [4.78, 5) is 16.2. The molecule has 0 aliphatic heterocycles. The van der Waals surface area contributed by atoms with E-state index in [1.165, 1.54) is 19.4 Å². The number of pyridine rings is 1. The average molecular weight is 330 g/mol. The molecular weight excluding hydrogens is 317 g/mol. The summed E-state index contributed by atoms with van der Waals surface area (Å²) in [5, 5.41) is 0.937. The number of hydrogen-bond acceptors (Lipinski definition) is 3. The Morgan fingerprint density at radius 3 is 2.70 bits per heavy atom. The Hall–Kier alpha value is -2.46. The fourth-order valence-corrected chi connectivity index (χ4v) is 2.88. The summed E-state index contributed by atoms with van der Waals surface area (Å²) >= 11 is 6.28. The van der Waals surface area contributed by atoms with Crippen LogP contribution in [-0.2, 0) is 4.74 Å². The lowest BCUT2D eigenvalue weighted by atomic mass is 9.97. The van der Waals surface area contributed by atoms with Gasteiger partial charge in [0.15, 0.2) is 0 Å². The zero-order valence-electron chi connectivity index (χ0n) is 12.6. The first-order valence-corrected chi connectivity index (χ1v) is 7.32. The maximum atomic E-state index is 14.2. The molecule has 0 fully saturated rings. The number of benzene rings is 2. The molecule has 2 aromatic carbocycles. The minimum Gasteiger partial charge on any atom is -0.465 e. The van der Waals surface area contributed by atoms with Crippen molar-refractivity contribution in [1.82, 2.24) is 4.98 Å². The summed E-state index contributed by atoms with van der Waals surface area (Å²) < 4.78 is 19.0. The number of nitrogens with zero attached hydrogens (tertiary/aromatic N) is 1. The van der Waals surface area contributed by atoms with Crippen molar-refractivity contribution in [2.24, 2.45) is 0 Å². The fraction of sp³-hybridized carbons (Fsp3) is 0.111. The van der Waals surface area contributed by atoms with E-state index in [1.54, 1.807) is 30.3 Å². The highest BCUT2D eigenvalue weighted by Gasteiger charge is 2.17. The van der Waals surface area contributed by atoms with Crippen molar-refractivity contribution in [3.8, 4) is 11.1 Å². The van der Waals surface area contributed by atoms with Gasteiger partial charge in [0.1, 0.15) is 5.82 Å². The summed E-state index contributed by atoms with van der Waals surface area (Å²) in [5.41, 5.74) is 2.71. The van der Waals surface area contributed by atoms with Gasteiger partial charge in [0.2, 0.25) is 0 Å². The highest BCUT2D eigenvalue weighted by atomic mass is 35.5. The Morgan fingerprint density at radius 1 is 1.26 bits per heavy atom. The lowest BCUT2D eigenvalue weighted by Crippen LogP contribution is -2.02. The van der Waals surface area contributed by atoms with Crippen molar-refractivity contribution >= 4 is 28.5 Å². The van der Waals surface area contributed by atoms with Gasteiger partial charge in [-0.05, 0) is 30.7 Å². The number of methoxy groups -OCH3 is 1. The van der Waals surface area contributed by atoms with Crippen LogP contribution in [0.1, 0.15) is 15.9 Å². The Bertz CT molecular complexity index is 924. The summed E-state index contributed by atoms with van der Waals surface area (Å²) in [6.07, 6.45) is 1.50. The van der Waals surface area contributed by atoms with Gasteiger partial charge in [0.25, 0.3) is 0 Å². The maximum Gasteiger partial charge on any atom is 0.337 e. The molecule has 0 saturated heterocycles.